The van der Waals surface area contributed by atoms with Crippen molar-refractivity contribution in [1.29, 1.82) is 0 Å². The average Bonchev–Trinajstić information content (AvgIpc) is 3.21. The molecule has 6 nitrogen and oxygen atoms in total. The molecule has 0 aliphatic carbocycles. The van der Waals surface area contributed by atoms with Crippen LogP contribution in [0.15, 0.2) is 90.6 Å². The lowest BCUT2D eigenvalue weighted by atomic mass is 10.1. The van der Waals surface area contributed by atoms with Gasteiger partial charge in [-0.25, -0.2) is 9.97 Å². The molecule has 0 amide bonds. The highest BCUT2D eigenvalue weighted by atomic mass is 32.1. The Kier molecular flexibility index (Phi) is 6.04. The summed E-state index contributed by atoms with van der Waals surface area (Å²) in [5, 5.41) is 4.33. The number of anilines is 1. The molecule has 33 heavy (non-hydrogen) atoms. The molecule has 0 spiro atoms. The molecule has 0 atom stereocenters. The van der Waals surface area contributed by atoms with Crippen LogP contribution in [0.25, 0.3) is 20.7 Å². The van der Waals surface area contributed by atoms with Gasteiger partial charge in [0, 0.05) is 28.4 Å². The number of thiophene rings is 1. The van der Waals surface area contributed by atoms with Gasteiger partial charge in [-0.1, -0.05) is 48.5 Å². The maximum Gasteiger partial charge on any atom is 0.167 e. The van der Waals surface area contributed by atoms with Gasteiger partial charge in [0.1, 0.15) is 18.7 Å². The number of benzene rings is 2. The molecule has 0 fully saturated rings. The first kappa shape index (κ1) is 20.8. The summed E-state index contributed by atoms with van der Waals surface area (Å²) in [6, 6.07) is 22.1. The topological polar surface area (TPSA) is 72.3 Å². The summed E-state index contributed by atoms with van der Waals surface area (Å²) in [6.45, 7) is 2.59. The van der Waals surface area contributed by atoms with Crippen molar-refractivity contribution in [1.82, 2.24) is 15.0 Å². The Morgan fingerprint density at radius 1 is 1.00 bits per heavy atom. The van der Waals surface area contributed by atoms with Gasteiger partial charge >= 0.3 is 0 Å². The van der Waals surface area contributed by atoms with Crippen molar-refractivity contribution in [3.8, 4) is 16.2 Å². The quantitative estimate of drug-likeness (QED) is 0.240. The van der Waals surface area contributed by atoms with E-state index >= 15 is 0 Å². The largest absolute Gasteiger partial charge is 0.488 e. The predicted molar refractivity (Wildman–Crippen MR) is 134 cm³/mol. The van der Waals surface area contributed by atoms with E-state index in [1.807, 2.05) is 48.5 Å². The van der Waals surface area contributed by atoms with Gasteiger partial charge in [0.05, 0.1) is 16.4 Å². The number of nitrogens with one attached hydrogen (secondary N) is 1. The molecule has 7 heteroatoms. The standard InChI is InChI=1S/C26H21N5OS/c1-18-23-25(26(29-17-28-23)31-30-15-20-10-7-13-27-14-20)33-24(18)21-11-5-6-12-22(21)32-16-19-8-3-2-4-9-19/h2-15,17H,16H2,1H3,(H,28,29,31). The van der Waals surface area contributed by atoms with Gasteiger partial charge < -0.3 is 4.74 Å². The second-order valence-corrected chi connectivity index (χ2v) is 8.40. The summed E-state index contributed by atoms with van der Waals surface area (Å²) in [5.41, 5.74) is 8.13. The third-order valence-corrected chi connectivity index (χ3v) is 6.46. The maximum absolute atomic E-state index is 6.20. The van der Waals surface area contributed by atoms with Crippen molar-refractivity contribution in [2.45, 2.75) is 13.5 Å². The van der Waals surface area contributed by atoms with Gasteiger partial charge in [0.25, 0.3) is 0 Å². The number of hydrogen-bond acceptors (Lipinski definition) is 7. The number of aromatic nitrogens is 3. The van der Waals surface area contributed by atoms with E-state index in [1.165, 1.54) is 0 Å². The molecular formula is C26H21N5OS. The molecular weight excluding hydrogens is 430 g/mol. The van der Waals surface area contributed by atoms with E-state index in [2.05, 4.69) is 50.6 Å². The van der Waals surface area contributed by atoms with Crippen LogP contribution in [-0.4, -0.2) is 21.2 Å². The van der Waals surface area contributed by atoms with Crippen molar-refractivity contribution in [3.63, 3.8) is 0 Å². The number of nitrogens with zero attached hydrogens (tertiary/aromatic N) is 4. The second kappa shape index (κ2) is 9.58. The maximum atomic E-state index is 6.20. The molecule has 1 N–H and O–H groups in total. The number of aryl methyl sites for hydroxylation is 1. The van der Waals surface area contributed by atoms with E-state index in [-0.39, 0.29) is 0 Å². The smallest absolute Gasteiger partial charge is 0.167 e. The zero-order valence-electron chi connectivity index (χ0n) is 18.0. The highest BCUT2D eigenvalue weighted by Gasteiger charge is 2.18. The molecule has 3 heterocycles. The lowest BCUT2D eigenvalue weighted by Crippen LogP contribution is -1.96. The van der Waals surface area contributed by atoms with Crippen molar-refractivity contribution < 1.29 is 4.74 Å². The zero-order valence-corrected chi connectivity index (χ0v) is 18.8. The van der Waals surface area contributed by atoms with Crippen molar-refractivity contribution in [3.05, 3.63) is 102 Å². The van der Waals surface area contributed by atoms with Crippen LogP contribution in [-0.2, 0) is 6.61 Å². The predicted octanol–water partition coefficient (Wildman–Crippen LogP) is 6.09. The zero-order chi connectivity index (χ0) is 22.5. The average molecular weight is 452 g/mol. The van der Waals surface area contributed by atoms with E-state index in [1.54, 1.807) is 36.3 Å². The number of para-hydroxylation sites is 1. The van der Waals surface area contributed by atoms with Crippen LogP contribution in [0.5, 0.6) is 5.75 Å². The minimum atomic E-state index is 0.511. The van der Waals surface area contributed by atoms with Crippen LogP contribution in [0.2, 0.25) is 0 Å². The van der Waals surface area contributed by atoms with Crippen molar-refractivity contribution >= 4 is 33.6 Å². The molecule has 5 aromatic rings. The summed E-state index contributed by atoms with van der Waals surface area (Å²) < 4.78 is 7.15. The minimum absolute atomic E-state index is 0.511. The number of hydrogen-bond donors (Lipinski definition) is 1. The van der Waals surface area contributed by atoms with Crippen LogP contribution in [0, 0.1) is 6.92 Å². The van der Waals surface area contributed by atoms with Gasteiger partial charge in [0.15, 0.2) is 5.82 Å². The summed E-state index contributed by atoms with van der Waals surface area (Å²) in [7, 11) is 0. The van der Waals surface area contributed by atoms with Crippen LogP contribution in [0.4, 0.5) is 5.82 Å². The Labute approximate surface area is 195 Å². The molecule has 0 radical (unpaired) electrons. The fourth-order valence-electron chi connectivity index (χ4n) is 3.50. The number of fused-ring (bicyclic) bond motifs is 1. The minimum Gasteiger partial charge on any atom is -0.488 e. The van der Waals surface area contributed by atoms with Gasteiger partial charge in [-0.2, -0.15) is 5.10 Å². The molecule has 3 aromatic heterocycles. The second-order valence-electron chi connectivity index (χ2n) is 7.38. The summed E-state index contributed by atoms with van der Waals surface area (Å²) in [5.74, 6) is 1.51. The first-order valence-corrected chi connectivity index (χ1v) is 11.3. The third-order valence-electron chi connectivity index (χ3n) is 5.14. The number of pyridine rings is 1. The van der Waals surface area contributed by atoms with Crippen LogP contribution in [0.3, 0.4) is 0 Å². The Morgan fingerprint density at radius 3 is 2.70 bits per heavy atom. The molecule has 0 aliphatic heterocycles. The molecule has 0 saturated carbocycles. The molecule has 0 unspecified atom stereocenters. The van der Waals surface area contributed by atoms with E-state index in [0.29, 0.717) is 12.4 Å². The third kappa shape index (κ3) is 4.58. The number of ether oxygens (including phenoxy) is 1. The highest BCUT2D eigenvalue weighted by molar-refractivity contribution is 7.23. The SMILES string of the molecule is Cc1c(-c2ccccc2OCc2ccccc2)sc2c(NN=Cc3cccnc3)ncnc12. The molecule has 2 aromatic carbocycles. The summed E-state index contributed by atoms with van der Waals surface area (Å²) >= 11 is 1.63. The van der Waals surface area contributed by atoms with Gasteiger partial charge in [-0.15, -0.1) is 11.3 Å². The van der Waals surface area contributed by atoms with Crippen LogP contribution in [0.1, 0.15) is 16.7 Å². The van der Waals surface area contributed by atoms with E-state index < -0.39 is 0 Å². The summed E-state index contributed by atoms with van der Waals surface area (Å²) in [4.78, 5) is 14.1. The number of rotatable bonds is 7. The van der Waals surface area contributed by atoms with Crippen molar-refractivity contribution in [2.75, 3.05) is 5.43 Å². The fourth-order valence-corrected chi connectivity index (χ4v) is 4.73. The highest BCUT2D eigenvalue weighted by Crippen LogP contribution is 2.43. The van der Waals surface area contributed by atoms with Crippen molar-refractivity contribution in [2.24, 2.45) is 5.10 Å². The first-order valence-electron chi connectivity index (χ1n) is 10.5. The van der Waals surface area contributed by atoms with E-state index in [4.69, 9.17) is 4.74 Å². The Bertz CT molecular complexity index is 1400. The lowest BCUT2D eigenvalue weighted by molar-refractivity contribution is 0.307. The molecule has 0 aliphatic rings. The molecule has 0 saturated heterocycles. The Hall–Kier alpha value is -4.10. The molecule has 5 rings (SSSR count). The van der Waals surface area contributed by atoms with E-state index in [0.717, 1.165) is 43.1 Å². The fraction of sp³-hybridized carbons (Fsp3) is 0.0769. The number of hydrazone groups is 1. The first-order chi connectivity index (χ1) is 16.3. The normalized spacial score (nSPS) is 11.2. The summed E-state index contributed by atoms with van der Waals surface area (Å²) in [6.07, 6.45) is 6.76. The van der Waals surface area contributed by atoms with Crippen LogP contribution < -0.4 is 10.2 Å². The lowest BCUT2D eigenvalue weighted by Gasteiger charge is -2.11. The molecule has 0 bridgehead atoms. The van der Waals surface area contributed by atoms with Gasteiger partial charge in [-0.05, 0) is 36.2 Å². The molecule has 162 valence electrons. The monoisotopic (exact) mass is 451 g/mol. The van der Waals surface area contributed by atoms with E-state index in [9.17, 15) is 0 Å². The Balaban J connectivity index is 1.45. The van der Waals surface area contributed by atoms with Crippen LogP contribution >= 0.6 is 11.3 Å². The van der Waals surface area contributed by atoms with Gasteiger partial charge in [0.2, 0.25) is 0 Å². The van der Waals surface area contributed by atoms with Gasteiger partial charge in [-0.3, -0.25) is 10.4 Å². The Morgan fingerprint density at radius 2 is 1.85 bits per heavy atom.